The fraction of sp³-hybridized carbons (Fsp3) is 0.520. The van der Waals surface area contributed by atoms with Crippen LogP contribution in [-0.4, -0.2) is 70.2 Å². The number of carbonyl (C=O) groups excluding carboxylic acids is 2. The van der Waals surface area contributed by atoms with Crippen LogP contribution in [0.3, 0.4) is 0 Å². The predicted molar refractivity (Wildman–Crippen MR) is 122 cm³/mol. The molecule has 33 heavy (non-hydrogen) atoms. The summed E-state index contributed by atoms with van der Waals surface area (Å²) in [5, 5.41) is 44.1. The largest absolute Gasteiger partial charge is 0.508 e. The molecule has 8 nitrogen and oxygen atoms in total. The Bertz CT molecular complexity index is 1170. The number of hydrogen-bond acceptors (Lipinski definition) is 8. The number of phenols is 1. The van der Waals surface area contributed by atoms with E-state index in [-0.39, 0.29) is 52.9 Å². The summed E-state index contributed by atoms with van der Waals surface area (Å²) < 4.78 is 0. The molecule has 1 aromatic carbocycles. The van der Waals surface area contributed by atoms with Crippen LogP contribution in [0.15, 0.2) is 23.0 Å². The first-order valence-corrected chi connectivity index (χ1v) is 11.4. The minimum atomic E-state index is -2.23. The lowest BCUT2D eigenvalue weighted by Gasteiger charge is -2.47. The highest BCUT2D eigenvalue weighted by Crippen LogP contribution is 2.54. The van der Waals surface area contributed by atoms with Gasteiger partial charge in [0, 0.05) is 48.8 Å². The molecule has 5 rings (SSSR count). The van der Waals surface area contributed by atoms with Gasteiger partial charge in [-0.3, -0.25) is 9.59 Å². The number of nitrogens with zero attached hydrogens (tertiary/aromatic N) is 2. The summed E-state index contributed by atoms with van der Waals surface area (Å²) in [6.07, 6.45) is 1.53. The highest BCUT2D eigenvalue weighted by atomic mass is 16.3. The lowest BCUT2D eigenvalue weighted by atomic mass is 9.59. The molecule has 8 heteroatoms. The molecule has 4 aliphatic rings. The molecule has 1 fully saturated rings. The van der Waals surface area contributed by atoms with Gasteiger partial charge in [0.25, 0.3) is 0 Å². The van der Waals surface area contributed by atoms with Crippen molar-refractivity contribution < 1.29 is 30.0 Å². The molecule has 0 bridgehead atoms. The molecule has 1 aliphatic heterocycles. The van der Waals surface area contributed by atoms with Crippen LogP contribution in [0.5, 0.6) is 5.75 Å². The number of ketones is 2. The van der Waals surface area contributed by atoms with Gasteiger partial charge in [-0.1, -0.05) is 0 Å². The number of allylic oxidation sites excluding steroid dienone is 1. The zero-order valence-electron chi connectivity index (χ0n) is 19.3. The highest BCUT2D eigenvalue weighted by Gasteiger charge is 2.59. The van der Waals surface area contributed by atoms with Gasteiger partial charge in [0.05, 0.1) is 5.56 Å². The number of phenolic OH excluding ortho intramolecular Hbond substituents is 1. The standard InChI is InChI=1S/C25H30N2O6/c1-11-17(28)9-13-7-12-8-15-20(22(30)19(12)24(32)25(13,33)23(11)31)18(29)10-14-16(26(2)3)5-6-27(4)21(14)15/h10,12-13,16,29-31,33H,5-9H2,1-4H3/t12?,13?,16?,25-/m1/s1. The quantitative estimate of drug-likeness (QED) is 0.510. The Morgan fingerprint density at radius 1 is 1.15 bits per heavy atom. The summed E-state index contributed by atoms with van der Waals surface area (Å²) in [7, 11) is 5.97. The van der Waals surface area contributed by atoms with Crippen LogP contribution in [0.4, 0.5) is 5.69 Å². The van der Waals surface area contributed by atoms with E-state index in [1.807, 2.05) is 21.1 Å². The van der Waals surface area contributed by atoms with Gasteiger partial charge >= 0.3 is 0 Å². The SMILES string of the molecule is CC1=C(O)[C@@]2(O)C(=O)C3=C(O)c4c(O)cc5c(c4CC3CC2CC1=O)N(C)CCC5N(C)C. The second-order valence-corrected chi connectivity index (χ2v) is 10.2. The van der Waals surface area contributed by atoms with E-state index in [1.54, 1.807) is 6.07 Å². The van der Waals surface area contributed by atoms with E-state index in [1.165, 1.54) is 6.92 Å². The van der Waals surface area contributed by atoms with Crippen LogP contribution in [0.2, 0.25) is 0 Å². The zero-order valence-corrected chi connectivity index (χ0v) is 19.3. The summed E-state index contributed by atoms with van der Waals surface area (Å²) >= 11 is 0. The lowest BCUT2D eigenvalue weighted by molar-refractivity contribution is -0.147. The van der Waals surface area contributed by atoms with E-state index in [4.69, 9.17) is 0 Å². The van der Waals surface area contributed by atoms with E-state index >= 15 is 0 Å². The molecule has 1 heterocycles. The number of fused-ring (bicyclic) bond motifs is 5. The molecule has 0 amide bonds. The van der Waals surface area contributed by atoms with Crippen LogP contribution in [-0.2, 0) is 16.0 Å². The smallest absolute Gasteiger partial charge is 0.202 e. The van der Waals surface area contributed by atoms with Gasteiger partial charge < -0.3 is 30.2 Å². The number of aliphatic hydroxyl groups excluding tert-OH is 2. The molecule has 176 valence electrons. The van der Waals surface area contributed by atoms with Crippen molar-refractivity contribution in [2.24, 2.45) is 11.8 Å². The van der Waals surface area contributed by atoms with Crippen LogP contribution < -0.4 is 4.90 Å². The Labute approximate surface area is 192 Å². The third-order valence-corrected chi connectivity index (χ3v) is 8.18. The van der Waals surface area contributed by atoms with Crippen LogP contribution in [0.25, 0.3) is 5.76 Å². The number of rotatable bonds is 1. The highest BCUT2D eigenvalue weighted by molar-refractivity contribution is 6.13. The van der Waals surface area contributed by atoms with Gasteiger partial charge in [-0.2, -0.15) is 0 Å². The van der Waals surface area contributed by atoms with Gasteiger partial charge in [0.1, 0.15) is 17.3 Å². The second-order valence-electron chi connectivity index (χ2n) is 10.2. The first-order chi connectivity index (χ1) is 15.5. The summed E-state index contributed by atoms with van der Waals surface area (Å²) in [5.74, 6) is -3.33. The summed E-state index contributed by atoms with van der Waals surface area (Å²) in [6.45, 7) is 2.20. The van der Waals surface area contributed by atoms with Crippen LogP contribution in [0, 0.1) is 11.8 Å². The van der Waals surface area contributed by atoms with Gasteiger partial charge in [0.15, 0.2) is 11.4 Å². The minimum Gasteiger partial charge on any atom is -0.508 e. The number of aliphatic hydroxyl groups is 3. The molecular formula is C25H30N2O6. The lowest BCUT2D eigenvalue weighted by Crippen LogP contribution is -2.57. The minimum absolute atomic E-state index is 0.0211. The first-order valence-electron chi connectivity index (χ1n) is 11.4. The normalized spacial score (nSPS) is 31.5. The van der Waals surface area contributed by atoms with Crippen LogP contribution in [0.1, 0.15) is 48.9 Å². The molecule has 1 aromatic rings. The monoisotopic (exact) mass is 454 g/mol. The Hall–Kier alpha value is -2.84. The maximum atomic E-state index is 13.5. The van der Waals surface area contributed by atoms with Crippen molar-refractivity contribution in [3.63, 3.8) is 0 Å². The number of benzene rings is 1. The van der Waals surface area contributed by atoms with Crippen molar-refractivity contribution >= 4 is 23.0 Å². The molecular weight excluding hydrogens is 424 g/mol. The number of Topliss-reactive ketones (excluding diaryl/α,β-unsaturated/α-hetero) is 2. The van der Waals surface area contributed by atoms with Gasteiger partial charge in [0.2, 0.25) is 5.78 Å². The maximum Gasteiger partial charge on any atom is 0.202 e. The van der Waals surface area contributed by atoms with Crippen molar-refractivity contribution in [1.82, 2.24) is 4.90 Å². The van der Waals surface area contributed by atoms with Gasteiger partial charge in [-0.05, 0) is 63.4 Å². The molecule has 0 radical (unpaired) electrons. The van der Waals surface area contributed by atoms with Gasteiger partial charge in [-0.15, -0.1) is 0 Å². The average molecular weight is 455 g/mol. The second kappa shape index (κ2) is 7.08. The molecule has 1 saturated carbocycles. The third-order valence-electron chi connectivity index (χ3n) is 8.18. The molecule has 3 unspecified atom stereocenters. The summed E-state index contributed by atoms with van der Waals surface area (Å²) in [4.78, 5) is 30.1. The van der Waals surface area contributed by atoms with Crippen molar-refractivity contribution in [2.45, 2.75) is 44.2 Å². The first kappa shape index (κ1) is 22.0. The number of aromatic hydroxyl groups is 1. The zero-order chi connectivity index (χ0) is 24.0. The van der Waals surface area contributed by atoms with E-state index in [2.05, 4.69) is 9.80 Å². The molecule has 0 spiro atoms. The van der Waals surface area contributed by atoms with Crippen molar-refractivity contribution in [2.75, 3.05) is 32.6 Å². The molecule has 0 saturated heterocycles. The molecule has 4 N–H and O–H groups in total. The third kappa shape index (κ3) is 2.77. The van der Waals surface area contributed by atoms with E-state index in [9.17, 15) is 30.0 Å². The Morgan fingerprint density at radius 3 is 2.52 bits per heavy atom. The fourth-order valence-corrected chi connectivity index (χ4v) is 6.42. The number of carbonyl (C=O) groups is 2. The number of hydrogen-bond donors (Lipinski definition) is 4. The molecule has 3 aliphatic carbocycles. The Balaban J connectivity index is 1.72. The summed E-state index contributed by atoms with van der Waals surface area (Å²) in [6, 6.07) is 1.77. The van der Waals surface area contributed by atoms with E-state index < -0.39 is 29.0 Å². The van der Waals surface area contributed by atoms with Crippen LogP contribution >= 0.6 is 0 Å². The van der Waals surface area contributed by atoms with E-state index in [0.717, 1.165) is 29.8 Å². The fourth-order valence-electron chi connectivity index (χ4n) is 6.42. The molecule has 4 atom stereocenters. The van der Waals surface area contributed by atoms with Crippen molar-refractivity contribution in [1.29, 1.82) is 0 Å². The maximum absolute atomic E-state index is 13.5. The summed E-state index contributed by atoms with van der Waals surface area (Å²) in [5.41, 5.74) is 0.688. The molecule has 0 aromatic heterocycles. The predicted octanol–water partition coefficient (Wildman–Crippen LogP) is 2.40. The topological polar surface area (TPSA) is 122 Å². The van der Waals surface area contributed by atoms with Crippen molar-refractivity contribution in [3.8, 4) is 5.75 Å². The Kier molecular flexibility index (Phi) is 4.71. The van der Waals surface area contributed by atoms with E-state index in [0.29, 0.717) is 6.42 Å². The van der Waals surface area contributed by atoms with Crippen molar-refractivity contribution in [3.05, 3.63) is 39.7 Å². The Morgan fingerprint density at radius 2 is 1.85 bits per heavy atom. The average Bonchev–Trinajstić information content (AvgIpc) is 2.74. The number of anilines is 1. The van der Waals surface area contributed by atoms with Gasteiger partial charge in [-0.25, -0.2) is 0 Å².